The largest absolute Gasteiger partial charge is 0.300 e. The van der Waals surface area contributed by atoms with E-state index in [0.717, 1.165) is 0 Å². The molecule has 1 aromatic carbocycles. The van der Waals surface area contributed by atoms with Crippen LogP contribution in [0.3, 0.4) is 0 Å². The standard InChI is InChI=1S/C9H8ClFO/c1-6(12)4-7-2-3-8(10)9(11)5-7/h2-3,5H,4H2,1H3. The van der Waals surface area contributed by atoms with Crippen LogP contribution in [0.15, 0.2) is 18.2 Å². The maximum absolute atomic E-state index is 12.8. The molecule has 0 spiro atoms. The topological polar surface area (TPSA) is 17.1 Å². The summed E-state index contributed by atoms with van der Waals surface area (Å²) >= 11 is 5.46. The Kier molecular flexibility index (Phi) is 2.82. The van der Waals surface area contributed by atoms with Crippen LogP contribution < -0.4 is 0 Å². The number of hydrogen-bond donors (Lipinski definition) is 0. The molecule has 0 N–H and O–H groups in total. The van der Waals surface area contributed by atoms with Gasteiger partial charge in [0.1, 0.15) is 11.6 Å². The number of hydrogen-bond acceptors (Lipinski definition) is 1. The highest BCUT2D eigenvalue weighted by molar-refractivity contribution is 6.30. The average molecular weight is 187 g/mol. The van der Waals surface area contributed by atoms with Crippen molar-refractivity contribution in [2.24, 2.45) is 0 Å². The van der Waals surface area contributed by atoms with E-state index in [-0.39, 0.29) is 17.2 Å². The van der Waals surface area contributed by atoms with Gasteiger partial charge in [0, 0.05) is 6.42 Å². The molecule has 0 bridgehead atoms. The quantitative estimate of drug-likeness (QED) is 0.694. The average Bonchev–Trinajstić information content (AvgIpc) is 1.96. The van der Waals surface area contributed by atoms with E-state index in [1.54, 1.807) is 6.07 Å². The van der Waals surface area contributed by atoms with Crippen LogP contribution in [0.1, 0.15) is 12.5 Å². The van der Waals surface area contributed by atoms with Crippen LogP contribution in [0.4, 0.5) is 4.39 Å². The molecule has 0 aliphatic heterocycles. The molecule has 3 heteroatoms. The second-order valence-corrected chi connectivity index (χ2v) is 3.03. The molecule has 0 aliphatic carbocycles. The van der Waals surface area contributed by atoms with Crippen LogP contribution in [0.2, 0.25) is 5.02 Å². The van der Waals surface area contributed by atoms with Crippen LogP contribution >= 0.6 is 11.6 Å². The van der Waals surface area contributed by atoms with Gasteiger partial charge in [-0.25, -0.2) is 4.39 Å². The first-order valence-corrected chi connectivity index (χ1v) is 3.91. The molecular formula is C9H8ClFO. The molecule has 12 heavy (non-hydrogen) atoms. The molecule has 64 valence electrons. The lowest BCUT2D eigenvalue weighted by Crippen LogP contribution is -1.96. The lowest BCUT2D eigenvalue weighted by atomic mass is 10.1. The molecular weight excluding hydrogens is 179 g/mol. The van der Waals surface area contributed by atoms with Crippen molar-refractivity contribution in [1.29, 1.82) is 0 Å². The van der Waals surface area contributed by atoms with Gasteiger partial charge in [0.05, 0.1) is 5.02 Å². The monoisotopic (exact) mass is 186 g/mol. The van der Waals surface area contributed by atoms with Gasteiger partial charge in [-0.1, -0.05) is 17.7 Å². The maximum atomic E-state index is 12.8. The van der Waals surface area contributed by atoms with Crippen LogP contribution in [0.25, 0.3) is 0 Å². The summed E-state index contributed by atoms with van der Waals surface area (Å²) in [6.45, 7) is 1.46. The van der Waals surface area contributed by atoms with E-state index in [1.165, 1.54) is 19.1 Å². The van der Waals surface area contributed by atoms with Gasteiger partial charge in [0.15, 0.2) is 0 Å². The predicted octanol–water partition coefficient (Wildman–Crippen LogP) is 2.61. The first kappa shape index (κ1) is 9.20. The molecule has 0 saturated heterocycles. The Morgan fingerprint density at radius 2 is 2.25 bits per heavy atom. The molecule has 0 unspecified atom stereocenters. The van der Waals surface area contributed by atoms with Crippen LogP contribution in [0, 0.1) is 5.82 Å². The van der Waals surface area contributed by atoms with Gasteiger partial charge in [-0.15, -0.1) is 0 Å². The summed E-state index contributed by atoms with van der Waals surface area (Å²) < 4.78 is 12.8. The number of Topliss-reactive ketones (excluding diaryl/α,β-unsaturated/α-hetero) is 1. The summed E-state index contributed by atoms with van der Waals surface area (Å²) in [5, 5.41) is 0.0855. The van der Waals surface area contributed by atoms with E-state index in [9.17, 15) is 9.18 Å². The summed E-state index contributed by atoms with van der Waals surface area (Å²) in [6.07, 6.45) is 0.258. The fraction of sp³-hybridized carbons (Fsp3) is 0.222. The highest BCUT2D eigenvalue weighted by atomic mass is 35.5. The minimum atomic E-state index is -0.476. The molecule has 0 aromatic heterocycles. The zero-order chi connectivity index (χ0) is 9.14. The van der Waals surface area contributed by atoms with Crippen molar-refractivity contribution in [3.8, 4) is 0 Å². The highest BCUT2D eigenvalue weighted by Crippen LogP contribution is 2.15. The third-order valence-electron chi connectivity index (χ3n) is 1.44. The third kappa shape index (κ3) is 2.31. The predicted molar refractivity (Wildman–Crippen MR) is 45.8 cm³/mol. The molecule has 1 aromatic rings. The van der Waals surface area contributed by atoms with Crippen molar-refractivity contribution in [2.45, 2.75) is 13.3 Å². The molecule has 0 fully saturated rings. The van der Waals surface area contributed by atoms with E-state index in [1.807, 2.05) is 0 Å². The molecule has 0 atom stereocenters. The van der Waals surface area contributed by atoms with E-state index in [0.29, 0.717) is 5.56 Å². The first-order chi connectivity index (χ1) is 5.59. The number of rotatable bonds is 2. The van der Waals surface area contributed by atoms with E-state index < -0.39 is 5.82 Å². The highest BCUT2D eigenvalue weighted by Gasteiger charge is 2.02. The molecule has 0 amide bonds. The third-order valence-corrected chi connectivity index (χ3v) is 1.74. The van der Waals surface area contributed by atoms with Crippen molar-refractivity contribution in [2.75, 3.05) is 0 Å². The fourth-order valence-electron chi connectivity index (χ4n) is 0.937. The minimum absolute atomic E-state index is 0.0109. The van der Waals surface area contributed by atoms with Gasteiger partial charge in [-0.3, -0.25) is 4.79 Å². The SMILES string of the molecule is CC(=O)Cc1ccc(Cl)c(F)c1. The Labute approximate surface area is 75.2 Å². The van der Waals surface area contributed by atoms with Crippen LogP contribution in [-0.2, 0) is 11.2 Å². The van der Waals surface area contributed by atoms with Crippen LogP contribution in [-0.4, -0.2) is 5.78 Å². The number of ketones is 1. The molecule has 0 radical (unpaired) electrons. The van der Waals surface area contributed by atoms with Crippen molar-refractivity contribution in [3.63, 3.8) is 0 Å². The molecule has 1 nitrogen and oxygen atoms in total. The molecule has 0 heterocycles. The zero-order valence-corrected chi connectivity index (χ0v) is 7.36. The van der Waals surface area contributed by atoms with Gasteiger partial charge in [0.25, 0.3) is 0 Å². The zero-order valence-electron chi connectivity index (χ0n) is 6.60. The van der Waals surface area contributed by atoms with Crippen molar-refractivity contribution in [1.82, 2.24) is 0 Å². The lowest BCUT2D eigenvalue weighted by Gasteiger charge is -1.98. The van der Waals surface area contributed by atoms with E-state index in [4.69, 9.17) is 11.6 Å². The van der Waals surface area contributed by atoms with Gasteiger partial charge in [-0.05, 0) is 24.6 Å². The fourth-order valence-corrected chi connectivity index (χ4v) is 1.05. The van der Waals surface area contributed by atoms with Crippen LogP contribution in [0.5, 0.6) is 0 Å². The number of benzene rings is 1. The van der Waals surface area contributed by atoms with Gasteiger partial charge < -0.3 is 0 Å². The summed E-state index contributed by atoms with van der Waals surface area (Å²) in [6, 6.07) is 4.38. The Morgan fingerprint density at radius 3 is 2.75 bits per heavy atom. The Bertz CT molecular complexity index is 309. The normalized spacial score (nSPS) is 9.92. The number of carbonyl (C=O) groups is 1. The van der Waals surface area contributed by atoms with Gasteiger partial charge in [0.2, 0.25) is 0 Å². The number of halogens is 2. The lowest BCUT2D eigenvalue weighted by molar-refractivity contribution is -0.116. The van der Waals surface area contributed by atoms with Gasteiger partial charge in [-0.2, -0.15) is 0 Å². The Hall–Kier alpha value is -0.890. The Balaban J connectivity index is 2.89. The smallest absolute Gasteiger partial charge is 0.142 e. The van der Waals surface area contributed by atoms with Crippen molar-refractivity contribution in [3.05, 3.63) is 34.6 Å². The second-order valence-electron chi connectivity index (χ2n) is 2.63. The summed E-state index contributed by atoms with van der Waals surface area (Å²) in [5.41, 5.74) is 0.657. The maximum Gasteiger partial charge on any atom is 0.142 e. The summed E-state index contributed by atoms with van der Waals surface area (Å²) in [4.78, 5) is 10.7. The van der Waals surface area contributed by atoms with E-state index in [2.05, 4.69) is 0 Å². The minimum Gasteiger partial charge on any atom is -0.300 e. The van der Waals surface area contributed by atoms with E-state index >= 15 is 0 Å². The summed E-state index contributed by atoms with van der Waals surface area (Å²) in [5.74, 6) is -0.466. The van der Waals surface area contributed by atoms with Crippen molar-refractivity contribution >= 4 is 17.4 Å². The van der Waals surface area contributed by atoms with Gasteiger partial charge >= 0.3 is 0 Å². The second kappa shape index (κ2) is 3.68. The molecule has 1 rings (SSSR count). The summed E-state index contributed by atoms with van der Waals surface area (Å²) in [7, 11) is 0. The molecule has 0 aliphatic rings. The first-order valence-electron chi connectivity index (χ1n) is 3.53. The number of carbonyl (C=O) groups excluding carboxylic acids is 1. The molecule has 0 saturated carbocycles. The van der Waals surface area contributed by atoms with Crippen molar-refractivity contribution < 1.29 is 9.18 Å². The Morgan fingerprint density at radius 1 is 1.58 bits per heavy atom.